The van der Waals surface area contributed by atoms with Gasteiger partial charge < -0.3 is 10.2 Å². The van der Waals surface area contributed by atoms with Crippen molar-refractivity contribution in [1.82, 2.24) is 9.88 Å². The normalized spacial score (nSPS) is 13.4. The number of hydrogen-bond donors (Lipinski definition) is 1. The first-order chi connectivity index (χ1) is 11.0. The lowest BCUT2D eigenvalue weighted by Crippen LogP contribution is -2.36. The fourth-order valence-corrected chi connectivity index (χ4v) is 2.77. The van der Waals surface area contributed by atoms with Gasteiger partial charge in [-0.15, -0.1) is 0 Å². The van der Waals surface area contributed by atoms with Crippen molar-refractivity contribution in [1.29, 1.82) is 0 Å². The van der Waals surface area contributed by atoms with Crippen LogP contribution in [0, 0.1) is 5.95 Å². The summed E-state index contributed by atoms with van der Waals surface area (Å²) in [6.45, 7) is 2.47. The molecular weight excluding hydrogens is 297 g/mol. The second-order valence-electron chi connectivity index (χ2n) is 5.47. The predicted molar refractivity (Wildman–Crippen MR) is 83.4 cm³/mol. The van der Waals surface area contributed by atoms with Gasteiger partial charge in [-0.25, -0.2) is 4.98 Å². The van der Waals surface area contributed by atoms with Crippen molar-refractivity contribution in [3.63, 3.8) is 0 Å². The molecule has 0 radical (unpaired) electrons. The number of rotatable bonds is 2. The molecule has 0 saturated carbocycles. The molecule has 1 aromatic heterocycles. The number of hydrogen-bond acceptors (Lipinski definition) is 3. The van der Waals surface area contributed by atoms with Gasteiger partial charge in [-0.1, -0.05) is 12.1 Å². The van der Waals surface area contributed by atoms with Crippen molar-refractivity contribution in [2.45, 2.75) is 19.9 Å². The lowest BCUT2D eigenvalue weighted by molar-refractivity contribution is -0.114. The van der Waals surface area contributed by atoms with Gasteiger partial charge in [-0.05, 0) is 35.7 Å². The Balaban J connectivity index is 1.81. The van der Waals surface area contributed by atoms with E-state index in [1.807, 2.05) is 18.2 Å². The molecule has 0 unspecified atom stereocenters. The average Bonchev–Trinajstić information content (AvgIpc) is 2.54. The van der Waals surface area contributed by atoms with Crippen LogP contribution >= 0.6 is 0 Å². The summed E-state index contributed by atoms with van der Waals surface area (Å²) < 4.78 is 12.9. The summed E-state index contributed by atoms with van der Waals surface area (Å²) >= 11 is 0. The van der Waals surface area contributed by atoms with E-state index in [2.05, 4.69) is 10.3 Å². The zero-order valence-electron chi connectivity index (χ0n) is 12.7. The minimum Gasteiger partial charge on any atom is -0.334 e. The van der Waals surface area contributed by atoms with Gasteiger partial charge in [0, 0.05) is 31.9 Å². The lowest BCUT2D eigenvalue weighted by atomic mass is 9.97. The zero-order valence-corrected chi connectivity index (χ0v) is 12.7. The van der Waals surface area contributed by atoms with Gasteiger partial charge in [0.2, 0.25) is 11.9 Å². The van der Waals surface area contributed by atoms with Crippen LogP contribution in [0.4, 0.5) is 10.1 Å². The molecule has 0 spiro atoms. The largest absolute Gasteiger partial charge is 0.334 e. The van der Waals surface area contributed by atoms with Crippen LogP contribution in [0.25, 0.3) is 0 Å². The maximum Gasteiger partial charge on any atom is 0.255 e. The Hall–Kier alpha value is -2.76. The number of nitrogens with one attached hydrogen (secondary N) is 1. The smallest absolute Gasteiger partial charge is 0.255 e. The monoisotopic (exact) mass is 313 g/mol. The Morgan fingerprint density at radius 1 is 1.26 bits per heavy atom. The fraction of sp³-hybridized carbons (Fsp3) is 0.235. The fourth-order valence-electron chi connectivity index (χ4n) is 2.77. The van der Waals surface area contributed by atoms with E-state index < -0.39 is 5.95 Å². The molecule has 0 atom stereocenters. The third kappa shape index (κ3) is 3.21. The minimum absolute atomic E-state index is 0.116. The Morgan fingerprint density at radius 3 is 2.78 bits per heavy atom. The molecule has 2 aromatic rings. The van der Waals surface area contributed by atoms with E-state index >= 15 is 0 Å². The maximum absolute atomic E-state index is 12.9. The summed E-state index contributed by atoms with van der Waals surface area (Å²) in [5.74, 6) is -0.895. The van der Waals surface area contributed by atoms with Gasteiger partial charge in [0.1, 0.15) is 0 Å². The van der Waals surface area contributed by atoms with Gasteiger partial charge in [-0.3, -0.25) is 9.59 Å². The quantitative estimate of drug-likeness (QED) is 0.866. The van der Waals surface area contributed by atoms with E-state index in [1.165, 1.54) is 25.3 Å². The van der Waals surface area contributed by atoms with E-state index in [-0.39, 0.29) is 11.8 Å². The van der Waals surface area contributed by atoms with E-state index in [0.29, 0.717) is 25.1 Å². The Bertz CT molecular complexity index is 759. The summed E-state index contributed by atoms with van der Waals surface area (Å²) in [6, 6.07) is 8.29. The molecule has 0 aliphatic carbocycles. The van der Waals surface area contributed by atoms with E-state index in [1.54, 1.807) is 4.90 Å². The molecule has 1 aromatic carbocycles. The van der Waals surface area contributed by atoms with E-state index in [0.717, 1.165) is 16.8 Å². The molecule has 1 aliphatic heterocycles. The van der Waals surface area contributed by atoms with Crippen molar-refractivity contribution < 1.29 is 14.0 Å². The van der Waals surface area contributed by atoms with Crippen LogP contribution in [-0.4, -0.2) is 28.2 Å². The lowest BCUT2D eigenvalue weighted by Gasteiger charge is -2.30. The first kappa shape index (κ1) is 15.1. The number of fused-ring (bicyclic) bond motifs is 1. The van der Waals surface area contributed by atoms with Crippen LogP contribution in [-0.2, 0) is 17.8 Å². The number of carbonyl (C=O) groups is 2. The molecule has 0 fully saturated rings. The molecule has 1 N–H and O–H groups in total. The zero-order chi connectivity index (χ0) is 16.4. The van der Waals surface area contributed by atoms with Gasteiger partial charge in [-0.2, -0.15) is 4.39 Å². The third-order valence-electron chi connectivity index (χ3n) is 3.84. The number of carbonyl (C=O) groups excluding carboxylic acids is 2. The Labute approximate surface area is 133 Å². The first-order valence-electron chi connectivity index (χ1n) is 7.34. The number of aromatic nitrogens is 1. The second-order valence-corrected chi connectivity index (χ2v) is 5.47. The SMILES string of the molecule is CC(=O)Nc1cccc2c1CCN(C(=O)c1ccc(F)nc1)C2. The molecule has 6 heteroatoms. The molecule has 3 rings (SSSR count). The average molecular weight is 313 g/mol. The summed E-state index contributed by atoms with van der Waals surface area (Å²) in [6.07, 6.45) is 1.91. The van der Waals surface area contributed by atoms with Crippen LogP contribution in [0.15, 0.2) is 36.5 Å². The van der Waals surface area contributed by atoms with Crippen molar-refractivity contribution >= 4 is 17.5 Å². The maximum atomic E-state index is 12.9. The number of halogens is 1. The highest BCUT2D eigenvalue weighted by atomic mass is 19.1. The van der Waals surface area contributed by atoms with Crippen LogP contribution in [0.1, 0.15) is 28.4 Å². The molecule has 2 amide bonds. The van der Waals surface area contributed by atoms with Crippen LogP contribution in [0.2, 0.25) is 0 Å². The van der Waals surface area contributed by atoms with Gasteiger partial charge >= 0.3 is 0 Å². The third-order valence-corrected chi connectivity index (χ3v) is 3.84. The van der Waals surface area contributed by atoms with Gasteiger partial charge in [0.05, 0.1) is 5.56 Å². The van der Waals surface area contributed by atoms with Gasteiger partial charge in [0.25, 0.3) is 5.91 Å². The van der Waals surface area contributed by atoms with Crippen molar-refractivity contribution in [2.24, 2.45) is 0 Å². The van der Waals surface area contributed by atoms with Crippen molar-refractivity contribution in [3.8, 4) is 0 Å². The van der Waals surface area contributed by atoms with E-state index in [9.17, 15) is 14.0 Å². The van der Waals surface area contributed by atoms with Crippen LogP contribution in [0.5, 0.6) is 0 Å². The highest BCUT2D eigenvalue weighted by molar-refractivity contribution is 5.94. The Kier molecular flexibility index (Phi) is 4.06. The van der Waals surface area contributed by atoms with Gasteiger partial charge in [0.15, 0.2) is 0 Å². The highest BCUT2D eigenvalue weighted by Crippen LogP contribution is 2.27. The second kappa shape index (κ2) is 6.16. The first-order valence-corrected chi connectivity index (χ1v) is 7.34. The summed E-state index contributed by atoms with van der Waals surface area (Å²) in [5.41, 5.74) is 3.23. The number of amides is 2. The summed E-state index contributed by atoms with van der Waals surface area (Å²) in [7, 11) is 0. The Morgan fingerprint density at radius 2 is 2.09 bits per heavy atom. The summed E-state index contributed by atoms with van der Waals surface area (Å²) in [5, 5.41) is 2.82. The topological polar surface area (TPSA) is 62.3 Å². The van der Waals surface area contributed by atoms with Crippen LogP contribution in [0.3, 0.4) is 0 Å². The number of benzene rings is 1. The summed E-state index contributed by atoms with van der Waals surface area (Å²) in [4.78, 5) is 29.0. The van der Waals surface area contributed by atoms with Crippen molar-refractivity contribution in [3.05, 3.63) is 59.2 Å². The van der Waals surface area contributed by atoms with Crippen molar-refractivity contribution in [2.75, 3.05) is 11.9 Å². The molecule has 23 heavy (non-hydrogen) atoms. The minimum atomic E-state index is -0.606. The molecule has 118 valence electrons. The molecule has 0 bridgehead atoms. The number of anilines is 1. The molecule has 2 heterocycles. The molecule has 0 saturated heterocycles. The molecular formula is C17H16FN3O2. The number of nitrogens with zero attached hydrogens (tertiary/aromatic N) is 2. The van der Waals surface area contributed by atoms with Crippen LogP contribution < -0.4 is 5.32 Å². The van der Waals surface area contributed by atoms with E-state index in [4.69, 9.17) is 0 Å². The molecule has 1 aliphatic rings. The highest BCUT2D eigenvalue weighted by Gasteiger charge is 2.23. The number of pyridine rings is 1. The predicted octanol–water partition coefficient (Wildman–Crippen LogP) is 2.38. The standard InChI is InChI=1S/C17H16FN3O2/c1-11(22)20-15-4-2-3-13-10-21(8-7-14(13)15)17(23)12-5-6-16(18)19-9-12/h2-6,9H,7-8,10H2,1H3,(H,20,22). The molecule has 5 nitrogen and oxygen atoms in total.